The Labute approximate surface area is 162 Å². The van der Waals surface area contributed by atoms with Crippen molar-refractivity contribution in [2.75, 3.05) is 0 Å². The van der Waals surface area contributed by atoms with Gasteiger partial charge in [-0.15, -0.1) is 0 Å². The highest BCUT2D eigenvalue weighted by atomic mass is 16.6. The fourth-order valence-corrected chi connectivity index (χ4v) is 3.52. The van der Waals surface area contributed by atoms with E-state index in [1.165, 1.54) is 6.07 Å². The van der Waals surface area contributed by atoms with Crippen molar-refractivity contribution in [2.24, 2.45) is 4.99 Å². The smallest absolute Gasteiger partial charge is 0.271 e. The highest BCUT2D eigenvalue weighted by Crippen LogP contribution is 2.27. The van der Waals surface area contributed by atoms with E-state index in [0.29, 0.717) is 0 Å². The summed E-state index contributed by atoms with van der Waals surface area (Å²) in [6, 6.07) is 22.9. The van der Waals surface area contributed by atoms with Crippen LogP contribution < -0.4 is 0 Å². The van der Waals surface area contributed by atoms with Gasteiger partial charge < -0.3 is 4.57 Å². The number of nitro benzene ring substituents is 1. The van der Waals surface area contributed by atoms with E-state index < -0.39 is 0 Å². The van der Waals surface area contributed by atoms with Crippen LogP contribution in [0.2, 0.25) is 0 Å². The first-order chi connectivity index (χ1) is 13.5. The van der Waals surface area contributed by atoms with Crippen LogP contribution in [0.25, 0.3) is 16.5 Å². The molecule has 3 aromatic carbocycles. The number of non-ortho nitro benzene ring substituents is 1. The number of benzene rings is 3. The van der Waals surface area contributed by atoms with E-state index >= 15 is 0 Å². The van der Waals surface area contributed by atoms with Gasteiger partial charge in [0.05, 0.1) is 16.3 Å². The molecule has 28 heavy (non-hydrogen) atoms. The Morgan fingerprint density at radius 2 is 1.71 bits per heavy atom. The predicted octanol–water partition coefficient (Wildman–Crippen LogP) is 5.91. The molecule has 0 amide bonds. The molecule has 5 heteroatoms. The summed E-state index contributed by atoms with van der Waals surface area (Å²) in [6.07, 6.45) is 1.86. The third kappa shape index (κ3) is 3.18. The standard InChI is InChI=1S/C23H19N3O2/c1-16-13-19(15-24-23-12-5-8-18-7-3-4-11-22(18)23)17(2)25(16)20-9-6-10-21(14-20)26(27)28/h3-15H,1-2H3. The van der Waals surface area contributed by atoms with Crippen molar-refractivity contribution < 1.29 is 4.92 Å². The van der Waals surface area contributed by atoms with Crippen molar-refractivity contribution in [1.82, 2.24) is 4.57 Å². The lowest BCUT2D eigenvalue weighted by Crippen LogP contribution is -2.00. The first-order valence-corrected chi connectivity index (χ1v) is 9.00. The molecule has 4 rings (SSSR count). The molecular formula is C23H19N3O2. The van der Waals surface area contributed by atoms with E-state index in [0.717, 1.165) is 39.1 Å². The summed E-state index contributed by atoms with van der Waals surface area (Å²) >= 11 is 0. The monoisotopic (exact) mass is 369 g/mol. The first kappa shape index (κ1) is 17.7. The summed E-state index contributed by atoms with van der Waals surface area (Å²) < 4.78 is 2.01. The summed E-state index contributed by atoms with van der Waals surface area (Å²) in [5.74, 6) is 0. The van der Waals surface area contributed by atoms with Crippen molar-refractivity contribution in [2.45, 2.75) is 13.8 Å². The van der Waals surface area contributed by atoms with Gasteiger partial charge in [-0.2, -0.15) is 0 Å². The number of aromatic nitrogens is 1. The van der Waals surface area contributed by atoms with Crippen molar-refractivity contribution in [3.63, 3.8) is 0 Å². The van der Waals surface area contributed by atoms with Crippen LogP contribution in [0.3, 0.4) is 0 Å². The maximum Gasteiger partial charge on any atom is 0.271 e. The van der Waals surface area contributed by atoms with Gasteiger partial charge in [0, 0.05) is 40.7 Å². The van der Waals surface area contributed by atoms with E-state index in [1.54, 1.807) is 12.1 Å². The van der Waals surface area contributed by atoms with Gasteiger partial charge in [0.25, 0.3) is 5.69 Å². The van der Waals surface area contributed by atoms with Gasteiger partial charge in [-0.25, -0.2) is 0 Å². The van der Waals surface area contributed by atoms with E-state index in [4.69, 9.17) is 4.99 Å². The molecule has 1 aromatic heterocycles. The van der Waals surface area contributed by atoms with Crippen molar-refractivity contribution in [1.29, 1.82) is 0 Å². The number of aryl methyl sites for hydroxylation is 1. The van der Waals surface area contributed by atoms with Crippen LogP contribution >= 0.6 is 0 Å². The molecule has 0 aliphatic rings. The molecule has 0 atom stereocenters. The summed E-state index contributed by atoms with van der Waals surface area (Å²) in [5, 5.41) is 13.4. The summed E-state index contributed by atoms with van der Waals surface area (Å²) in [4.78, 5) is 15.4. The fourth-order valence-electron chi connectivity index (χ4n) is 3.52. The minimum absolute atomic E-state index is 0.0796. The lowest BCUT2D eigenvalue weighted by Gasteiger charge is -2.09. The van der Waals surface area contributed by atoms with Crippen molar-refractivity contribution in [3.8, 4) is 5.69 Å². The molecule has 5 nitrogen and oxygen atoms in total. The van der Waals surface area contributed by atoms with E-state index in [2.05, 4.69) is 18.2 Å². The fraction of sp³-hybridized carbons (Fsp3) is 0.0870. The molecule has 0 aliphatic heterocycles. The SMILES string of the molecule is Cc1cc(C=Nc2cccc3ccccc23)c(C)n1-c1cccc([N+](=O)[O-])c1. The number of aliphatic imine (C=N–C) groups is 1. The minimum Gasteiger partial charge on any atom is -0.318 e. The number of nitro groups is 1. The Hall–Kier alpha value is -3.73. The number of nitrogens with zero attached hydrogens (tertiary/aromatic N) is 3. The molecule has 0 fully saturated rings. The summed E-state index contributed by atoms with van der Waals surface area (Å²) in [7, 11) is 0. The molecule has 1 heterocycles. The number of fused-ring (bicyclic) bond motifs is 1. The number of hydrogen-bond donors (Lipinski definition) is 0. The Bertz CT molecular complexity index is 1220. The van der Waals surface area contributed by atoms with Gasteiger partial charge in [0.2, 0.25) is 0 Å². The Balaban J connectivity index is 1.74. The zero-order valence-corrected chi connectivity index (χ0v) is 15.7. The molecule has 0 radical (unpaired) electrons. The predicted molar refractivity (Wildman–Crippen MR) is 113 cm³/mol. The lowest BCUT2D eigenvalue weighted by atomic mass is 10.1. The minimum atomic E-state index is -0.374. The average molecular weight is 369 g/mol. The molecule has 4 aromatic rings. The summed E-state index contributed by atoms with van der Waals surface area (Å²) in [6.45, 7) is 3.98. The first-order valence-electron chi connectivity index (χ1n) is 9.00. The second kappa shape index (κ2) is 7.12. The second-order valence-electron chi connectivity index (χ2n) is 6.70. The average Bonchev–Trinajstić information content (AvgIpc) is 2.99. The van der Waals surface area contributed by atoms with Crippen LogP contribution in [-0.4, -0.2) is 15.7 Å². The molecule has 138 valence electrons. The van der Waals surface area contributed by atoms with E-state index in [-0.39, 0.29) is 10.6 Å². The lowest BCUT2D eigenvalue weighted by molar-refractivity contribution is -0.384. The quantitative estimate of drug-likeness (QED) is 0.255. The van der Waals surface area contributed by atoms with E-state index in [9.17, 15) is 10.1 Å². The van der Waals surface area contributed by atoms with Gasteiger partial charge >= 0.3 is 0 Å². The van der Waals surface area contributed by atoms with Gasteiger partial charge in [0.15, 0.2) is 0 Å². The van der Waals surface area contributed by atoms with E-state index in [1.807, 2.05) is 61.0 Å². The molecule has 0 bridgehead atoms. The molecule has 0 spiro atoms. The van der Waals surface area contributed by atoms with Gasteiger partial charge in [-0.05, 0) is 37.4 Å². The topological polar surface area (TPSA) is 60.4 Å². The Kier molecular flexibility index (Phi) is 4.49. The highest BCUT2D eigenvalue weighted by Gasteiger charge is 2.12. The maximum absolute atomic E-state index is 11.1. The third-order valence-corrected chi connectivity index (χ3v) is 4.88. The largest absolute Gasteiger partial charge is 0.318 e. The molecule has 0 saturated carbocycles. The molecule has 0 aliphatic carbocycles. The summed E-state index contributed by atoms with van der Waals surface area (Å²) in [5.41, 5.74) is 4.74. The van der Waals surface area contributed by atoms with Gasteiger partial charge in [0.1, 0.15) is 0 Å². The molecule has 0 unspecified atom stereocenters. The van der Waals surface area contributed by atoms with Crippen LogP contribution in [-0.2, 0) is 0 Å². The molecule has 0 saturated heterocycles. The Morgan fingerprint density at radius 3 is 2.54 bits per heavy atom. The molecular weight excluding hydrogens is 350 g/mol. The maximum atomic E-state index is 11.1. The number of hydrogen-bond acceptors (Lipinski definition) is 3. The van der Waals surface area contributed by atoms with Crippen LogP contribution in [0.4, 0.5) is 11.4 Å². The Morgan fingerprint density at radius 1 is 0.964 bits per heavy atom. The zero-order chi connectivity index (χ0) is 19.7. The van der Waals surface area contributed by atoms with Gasteiger partial charge in [-0.3, -0.25) is 15.1 Å². The zero-order valence-electron chi connectivity index (χ0n) is 15.7. The van der Waals surface area contributed by atoms with Gasteiger partial charge in [-0.1, -0.05) is 42.5 Å². The third-order valence-electron chi connectivity index (χ3n) is 4.88. The van der Waals surface area contributed by atoms with Crippen LogP contribution in [0.5, 0.6) is 0 Å². The number of rotatable bonds is 4. The second-order valence-corrected chi connectivity index (χ2v) is 6.70. The van der Waals surface area contributed by atoms with Crippen molar-refractivity contribution in [3.05, 3.63) is 99.9 Å². The van der Waals surface area contributed by atoms with Crippen LogP contribution in [0.15, 0.2) is 77.8 Å². The molecule has 0 N–H and O–H groups in total. The van der Waals surface area contributed by atoms with Crippen molar-refractivity contribution >= 4 is 28.4 Å². The highest BCUT2D eigenvalue weighted by molar-refractivity contribution is 5.95. The van der Waals surface area contributed by atoms with Crippen LogP contribution in [0.1, 0.15) is 17.0 Å². The van der Waals surface area contributed by atoms with Crippen LogP contribution in [0, 0.1) is 24.0 Å². The normalized spacial score (nSPS) is 11.4.